The minimum absolute atomic E-state index is 0.111. The van der Waals surface area contributed by atoms with Crippen LogP contribution in [-0.2, 0) is 16.1 Å². The molecular formula is C21H27N3O2S. The summed E-state index contributed by atoms with van der Waals surface area (Å²) >= 11 is 1.52. The highest BCUT2D eigenvalue weighted by atomic mass is 32.2. The number of carbonyl (C=O) groups is 1. The van der Waals surface area contributed by atoms with Gasteiger partial charge >= 0.3 is 0 Å². The molecular weight excluding hydrogens is 358 g/mol. The minimum Gasteiger partial charge on any atom is -0.376 e. The quantitative estimate of drug-likeness (QED) is 0.735. The van der Waals surface area contributed by atoms with Crippen LogP contribution in [0, 0.1) is 0 Å². The molecule has 4 rings (SSSR count). The lowest BCUT2D eigenvalue weighted by molar-refractivity contribution is -0.119. The van der Waals surface area contributed by atoms with E-state index in [0.717, 1.165) is 55.2 Å². The van der Waals surface area contributed by atoms with Gasteiger partial charge in [-0.3, -0.25) is 4.79 Å². The van der Waals surface area contributed by atoms with Gasteiger partial charge in [-0.1, -0.05) is 54.9 Å². The Hall–Kier alpha value is -1.79. The molecule has 1 saturated heterocycles. The number of benzene rings is 1. The molecule has 2 fully saturated rings. The van der Waals surface area contributed by atoms with E-state index >= 15 is 0 Å². The van der Waals surface area contributed by atoms with Crippen molar-refractivity contribution in [2.75, 3.05) is 12.4 Å². The highest BCUT2D eigenvalue weighted by molar-refractivity contribution is 7.99. The number of nitrogens with one attached hydrogen (secondary N) is 1. The highest BCUT2D eigenvalue weighted by Gasteiger charge is 2.22. The van der Waals surface area contributed by atoms with Crippen LogP contribution in [0.2, 0.25) is 0 Å². The van der Waals surface area contributed by atoms with E-state index in [2.05, 4.69) is 27.0 Å². The molecule has 6 heteroatoms. The van der Waals surface area contributed by atoms with Crippen molar-refractivity contribution in [2.45, 2.75) is 62.4 Å². The van der Waals surface area contributed by atoms with E-state index in [1.165, 1.54) is 24.6 Å². The SMILES string of the molecule is O=C(CSc1ncc(-c2ccccc2)n1CC1CCCO1)NC1CCCC1. The topological polar surface area (TPSA) is 56.2 Å². The van der Waals surface area contributed by atoms with Gasteiger partial charge in [-0.25, -0.2) is 4.98 Å². The molecule has 27 heavy (non-hydrogen) atoms. The zero-order valence-electron chi connectivity index (χ0n) is 15.6. The van der Waals surface area contributed by atoms with Gasteiger partial charge in [0, 0.05) is 12.6 Å². The summed E-state index contributed by atoms with van der Waals surface area (Å²) in [5.74, 6) is 0.521. The van der Waals surface area contributed by atoms with E-state index in [-0.39, 0.29) is 12.0 Å². The fraction of sp³-hybridized carbons (Fsp3) is 0.524. The van der Waals surface area contributed by atoms with Gasteiger partial charge in [-0.15, -0.1) is 0 Å². The van der Waals surface area contributed by atoms with Crippen molar-refractivity contribution in [2.24, 2.45) is 0 Å². The van der Waals surface area contributed by atoms with E-state index in [1.54, 1.807) is 0 Å². The van der Waals surface area contributed by atoms with Gasteiger partial charge in [0.2, 0.25) is 5.91 Å². The zero-order valence-corrected chi connectivity index (χ0v) is 16.4. The molecule has 1 aromatic heterocycles. The summed E-state index contributed by atoms with van der Waals surface area (Å²) in [5, 5.41) is 4.05. The Kier molecular flexibility index (Phi) is 6.14. The van der Waals surface area contributed by atoms with E-state index in [4.69, 9.17) is 4.74 Å². The standard InChI is InChI=1S/C21H27N3O2S/c25-20(23-17-9-4-5-10-17)15-27-21-22-13-19(16-7-2-1-3-8-16)24(21)14-18-11-6-12-26-18/h1-3,7-8,13,17-18H,4-6,9-12,14-15H2,(H,23,25). The molecule has 0 radical (unpaired) electrons. The molecule has 0 bridgehead atoms. The maximum atomic E-state index is 12.3. The third-order valence-corrected chi connectivity index (χ3v) is 6.34. The van der Waals surface area contributed by atoms with Crippen LogP contribution in [0.4, 0.5) is 0 Å². The van der Waals surface area contributed by atoms with Gasteiger partial charge in [0.25, 0.3) is 0 Å². The Balaban J connectivity index is 1.47. The maximum Gasteiger partial charge on any atom is 0.230 e. The predicted molar refractivity (Wildman–Crippen MR) is 108 cm³/mol. The lowest BCUT2D eigenvalue weighted by atomic mass is 10.1. The number of rotatable bonds is 7. The van der Waals surface area contributed by atoms with Crippen LogP contribution in [0.25, 0.3) is 11.3 Å². The first kappa shape index (κ1) is 18.6. The van der Waals surface area contributed by atoms with Crippen LogP contribution >= 0.6 is 11.8 Å². The van der Waals surface area contributed by atoms with E-state index in [0.29, 0.717) is 11.8 Å². The van der Waals surface area contributed by atoms with Gasteiger partial charge in [0.15, 0.2) is 5.16 Å². The number of hydrogen-bond donors (Lipinski definition) is 1. The summed E-state index contributed by atoms with van der Waals surface area (Å²) < 4.78 is 8.07. The maximum absolute atomic E-state index is 12.3. The Morgan fingerprint density at radius 1 is 1.19 bits per heavy atom. The van der Waals surface area contributed by atoms with Crippen molar-refractivity contribution < 1.29 is 9.53 Å². The molecule has 1 amide bonds. The highest BCUT2D eigenvalue weighted by Crippen LogP contribution is 2.28. The number of nitrogens with zero attached hydrogens (tertiary/aromatic N) is 2. The summed E-state index contributed by atoms with van der Waals surface area (Å²) in [6.07, 6.45) is 9.03. The third kappa shape index (κ3) is 4.74. The largest absolute Gasteiger partial charge is 0.376 e. The number of hydrogen-bond acceptors (Lipinski definition) is 4. The smallest absolute Gasteiger partial charge is 0.230 e. The second-order valence-electron chi connectivity index (χ2n) is 7.38. The molecule has 1 aromatic carbocycles. The second kappa shape index (κ2) is 8.93. The molecule has 0 spiro atoms. The number of imidazole rings is 1. The monoisotopic (exact) mass is 385 g/mol. The summed E-state index contributed by atoms with van der Waals surface area (Å²) in [7, 11) is 0. The van der Waals surface area contributed by atoms with Gasteiger partial charge in [0.05, 0.1) is 30.3 Å². The fourth-order valence-corrected chi connectivity index (χ4v) is 4.75. The average molecular weight is 386 g/mol. The van der Waals surface area contributed by atoms with Crippen molar-refractivity contribution in [3.8, 4) is 11.3 Å². The van der Waals surface area contributed by atoms with Crippen molar-refractivity contribution >= 4 is 17.7 Å². The van der Waals surface area contributed by atoms with Crippen molar-refractivity contribution in [3.05, 3.63) is 36.5 Å². The van der Waals surface area contributed by atoms with Crippen molar-refractivity contribution in [1.82, 2.24) is 14.9 Å². The Morgan fingerprint density at radius 2 is 2.00 bits per heavy atom. The molecule has 1 aliphatic carbocycles. The van der Waals surface area contributed by atoms with Crippen LogP contribution in [0.5, 0.6) is 0 Å². The first-order valence-corrected chi connectivity index (χ1v) is 10.9. The summed E-state index contributed by atoms with van der Waals surface area (Å²) in [5.41, 5.74) is 2.23. The molecule has 2 heterocycles. The van der Waals surface area contributed by atoms with Crippen LogP contribution in [0.15, 0.2) is 41.7 Å². The van der Waals surface area contributed by atoms with Crippen LogP contribution in [0.1, 0.15) is 38.5 Å². The molecule has 1 atom stereocenters. The Labute approximate surface area is 164 Å². The number of amides is 1. The fourth-order valence-electron chi connectivity index (χ4n) is 3.95. The number of aromatic nitrogens is 2. The number of carbonyl (C=O) groups excluding carboxylic acids is 1. The van der Waals surface area contributed by atoms with Crippen LogP contribution in [0.3, 0.4) is 0 Å². The van der Waals surface area contributed by atoms with Crippen LogP contribution < -0.4 is 5.32 Å². The lowest BCUT2D eigenvalue weighted by Gasteiger charge is -2.16. The van der Waals surface area contributed by atoms with Gasteiger partial charge in [-0.2, -0.15) is 0 Å². The molecule has 1 aliphatic heterocycles. The van der Waals surface area contributed by atoms with Gasteiger partial charge < -0.3 is 14.6 Å². The molecule has 1 N–H and O–H groups in total. The normalized spacial score (nSPS) is 20.2. The zero-order chi connectivity index (χ0) is 18.5. The Morgan fingerprint density at radius 3 is 2.74 bits per heavy atom. The van der Waals surface area contributed by atoms with Crippen LogP contribution in [-0.4, -0.2) is 40.0 Å². The second-order valence-corrected chi connectivity index (χ2v) is 8.32. The summed E-state index contributed by atoms with van der Waals surface area (Å²) in [4.78, 5) is 16.9. The summed E-state index contributed by atoms with van der Waals surface area (Å²) in [6, 6.07) is 10.7. The van der Waals surface area contributed by atoms with Crippen molar-refractivity contribution in [1.29, 1.82) is 0 Å². The van der Waals surface area contributed by atoms with E-state index in [1.807, 2.05) is 24.4 Å². The third-order valence-electron chi connectivity index (χ3n) is 5.35. The van der Waals surface area contributed by atoms with Crippen molar-refractivity contribution in [3.63, 3.8) is 0 Å². The predicted octanol–water partition coefficient (Wildman–Crippen LogP) is 3.88. The van der Waals surface area contributed by atoms with Gasteiger partial charge in [0.1, 0.15) is 0 Å². The first-order chi connectivity index (χ1) is 13.3. The van der Waals surface area contributed by atoms with E-state index < -0.39 is 0 Å². The molecule has 5 nitrogen and oxygen atoms in total. The molecule has 2 aliphatic rings. The summed E-state index contributed by atoms with van der Waals surface area (Å²) in [6.45, 7) is 1.63. The van der Waals surface area contributed by atoms with Gasteiger partial charge in [-0.05, 0) is 31.2 Å². The Bertz CT molecular complexity index is 750. The first-order valence-electron chi connectivity index (χ1n) is 9.94. The average Bonchev–Trinajstić information content (AvgIpc) is 3.44. The van der Waals surface area contributed by atoms with E-state index in [9.17, 15) is 4.79 Å². The number of thioether (sulfide) groups is 1. The molecule has 144 valence electrons. The molecule has 2 aromatic rings. The molecule has 1 unspecified atom stereocenters. The lowest BCUT2D eigenvalue weighted by Crippen LogP contribution is -2.33. The number of ether oxygens (including phenoxy) is 1. The molecule has 1 saturated carbocycles. The minimum atomic E-state index is 0.111.